The van der Waals surface area contributed by atoms with Crippen LogP contribution >= 0.6 is 0 Å². The Morgan fingerprint density at radius 1 is 1.07 bits per heavy atom. The number of ether oxygens (including phenoxy) is 1. The quantitative estimate of drug-likeness (QED) is 0.737. The van der Waals surface area contributed by atoms with Gasteiger partial charge in [0.05, 0.1) is 0 Å². The van der Waals surface area contributed by atoms with Crippen LogP contribution in [0.5, 0.6) is 5.75 Å². The van der Waals surface area contributed by atoms with Crippen molar-refractivity contribution in [2.75, 3.05) is 30.7 Å². The summed E-state index contributed by atoms with van der Waals surface area (Å²) >= 11 is 0. The second-order valence-corrected chi connectivity index (χ2v) is 6.65. The van der Waals surface area contributed by atoms with Gasteiger partial charge in [0.25, 0.3) is 5.91 Å². The van der Waals surface area contributed by atoms with Crippen LogP contribution in [0, 0.1) is 0 Å². The van der Waals surface area contributed by atoms with Crippen LogP contribution in [0.25, 0.3) is 0 Å². The standard InChI is InChI=1S/C21H25N3O3/c22-19-9-2-1-6-16(19)10-11-20(25)23-17-7-5-8-18(14-17)27-15-21(26)24-12-3-4-13-24/h1-2,5-9,14H,3-4,10-13,15,22H2,(H,23,25). The van der Waals surface area contributed by atoms with E-state index in [0.717, 1.165) is 31.5 Å². The summed E-state index contributed by atoms with van der Waals surface area (Å²) in [4.78, 5) is 26.1. The summed E-state index contributed by atoms with van der Waals surface area (Å²) in [7, 11) is 0. The van der Waals surface area contributed by atoms with Crippen molar-refractivity contribution in [3.8, 4) is 5.75 Å². The fourth-order valence-electron chi connectivity index (χ4n) is 3.10. The van der Waals surface area contributed by atoms with Crippen LogP contribution in [0.1, 0.15) is 24.8 Å². The molecule has 0 radical (unpaired) electrons. The van der Waals surface area contributed by atoms with Gasteiger partial charge in [-0.1, -0.05) is 24.3 Å². The number of benzene rings is 2. The highest BCUT2D eigenvalue weighted by Crippen LogP contribution is 2.19. The largest absolute Gasteiger partial charge is 0.484 e. The Kier molecular flexibility index (Phi) is 6.30. The number of aryl methyl sites for hydroxylation is 1. The third kappa shape index (κ3) is 5.48. The average molecular weight is 367 g/mol. The molecule has 2 aromatic rings. The first-order valence-electron chi connectivity index (χ1n) is 9.26. The van der Waals surface area contributed by atoms with Crippen LogP contribution in [0.15, 0.2) is 48.5 Å². The highest BCUT2D eigenvalue weighted by molar-refractivity contribution is 5.91. The number of nitrogen functional groups attached to an aromatic ring is 1. The normalized spacial score (nSPS) is 13.4. The van der Waals surface area contributed by atoms with Gasteiger partial charge in [-0.2, -0.15) is 0 Å². The van der Waals surface area contributed by atoms with E-state index in [9.17, 15) is 9.59 Å². The molecule has 1 heterocycles. The second-order valence-electron chi connectivity index (χ2n) is 6.65. The number of rotatable bonds is 7. The van der Waals surface area contributed by atoms with Crippen LogP contribution in [-0.4, -0.2) is 36.4 Å². The molecule has 3 N–H and O–H groups in total. The first-order valence-corrected chi connectivity index (χ1v) is 9.26. The highest BCUT2D eigenvalue weighted by Gasteiger charge is 2.18. The number of hydrogen-bond acceptors (Lipinski definition) is 4. The molecule has 1 aliphatic heterocycles. The van der Waals surface area contributed by atoms with Gasteiger partial charge in [0.1, 0.15) is 5.75 Å². The van der Waals surface area contributed by atoms with Gasteiger partial charge in [-0.05, 0) is 43.0 Å². The molecule has 6 heteroatoms. The maximum Gasteiger partial charge on any atom is 0.260 e. The van der Waals surface area contributed by atoms with Gasteiger partial charge in [-0.3, -0.25) is 9.59 Å². The smallest absolute Gasteiger partial charge is 0.260 e. The van der Waals surface area contributed by atoms with Crippen LogP contribution in [0.3, 0.4) is 0 Å². The lowest BCUT2D eigenvalue weighted by atomic mass is 10.1. The van der Waals surface area contributed by atoms with Crippen LogP contribution in [0.2, 0.25) is 0 Å². The number of carbonyl (C=O) groups excluding carboxylic acids is 2. The number of para-hydroxylation sites is 1. The predicted octanol–water partition coefficient (Wildman–Crippen LogP) is 2.84. The molecule has 0 spiro atoms. The zero-order valence-corrected chi connectivity index (χ0v) is 15.3. The summed E-state index contributed by atoms with van der Waals surface area (Å²) in [6, 6.07) is 14.6. The molecule has 27 heavy (non-hydrogen) atoms. The van der Waals surface area contributed by atoms with Gasteiger partial charge in [-0.15, -0.1) is 0 Å². The lowest BCUT2D eigenvalue weighted by Crippen LogP contribution is -2.32. The van der Waals surface area contributed by atoms with Gasteiger partial charge in [-0.25, -0.2) is 0 Å². The Morgan fingerprint density at radius 2 is 1.85 bits per heavy atom. The minimum Gasteiger partial charge on any atom is -0.484 e. The van der Waals surface area contributed by atoms with E-state index in [1.54, 1.807) is 24.3 Å². The maximum atomic E-state index is 12.2. The van der Waals surface area contributed by atoms with Gasteiger partial charge >= 0.3 is 0 Å². The average Bonchev–Trinajstić information content (AvgIpc) is 3.21. The van der Waals surface area contributed by atoms with Crippen LogP contribution < -0.4 is 15.8 Å². The minimum atomic E-state index is -0.0939. The third-order valence-electron chi connectivity index (χ3n) is 4.62. The lowest BCUT2D eigenvalue weighted by molar-refractivity contribution is -0.132. The summed E-state index contributed by atoms with van der Waals surface area (Å²) in [6.07, 6.45) is 3.04. The Hall–Kier alpha value is -3.02. The molecule has 0 aromatic heterocycles. The van der Waals surface area contributed by atoms with E-state index < -0.39 is 0 Å². The first-order chi connectivity index (χ1) is 13.1. The molecule has 1 fully saturated rings. The Morgan fingerprint density at radius 3 is 2.63 bits per heavy atom. The zero-order chi connectivity index (χ0) is 19.1. The van der Waals surface area contributed by atoms with Crippen molar-refractivity contribution in [1.29, 1.82) is 0 Å². The number of likely N-dealkylation sites (tertiary alicyclic amines) is 1. The molecule has 0 bridgehead atoms. The molecule has 2 aromatic carbocycles. The minimum absolute atomic E-state index is 0.00221. The molecule has 1 aliphatic rings. The molecule has 3 rings (SSSR count). The molecule has 0 aliphatic carbocycles. The van der Waals surface area contributed by atoms with Crippen LogP contribution in [-0.2, 0) is 16.0 Å². The summed E-state index contributed by atoms with van der Waals surface area (Å²) in [5.74, 6) is 0.471. The van der Waals surface area contributed by atoms with Gasteiger partial charge in [0, 0.05) is 37.0 Å². The van der Waals surface area contributed by atoms with Crippen molar-refractivity contribution in [1.82, 2.24) is 4.90 Å². The van der Waals surface area contributed by atoms with E-state index in [1.165, 1.54) is 0 Å². The highest BCUT2D eigenvalue weighted by atomic mass is 16.5. The zero-order valence-electron chi connectivity index (χ0n) is 15.3. The van der Waals surface area contributed by atoms with Gasteiger partial charge in [0.2, 0.25) is 5.91 Å². The predicted molar refractivity (Wildman–Crippen MR) is 106 cm³/mol. The number of nitrogens with one attached hydrogen (secondary N) is 1. The fraction of sp³-hybridized carbons (Fsp3) is 0.333. The monoisotopic (exact) mass is 367 g/mol. The van der Waals surface area contributed by atoms with E-state index in [4.69, 9.17) is 10.5 Å². The number of nitrogens with two attached hydrogens (primary N) is 1. The van der Waals surface area contributed by atoms with Crippen molar-refractivity contribution >= 4 is 23.2 Å². The topological polar surface area (TPSA) is 84.7 Å². The SMILES string of the molecule is Nc1ccccc1CCC(=O)Nc1cccc(OCC(=O)N2CCCC2)c1. The summed E-state index contributed by atoms with van der Waals surface area (Å²) < 4.78 is 5.59. The fourth-order valence-corrected chi connectivity index (χ4v) is 3.10. The molecule has 0 unspecified atom stereocenters. The molecule has 142 valence electrons. The molecule has 0 atom stereocenters. The van der Waals surface area contributed by atoms with Crippen molar-refractivity contribution in [3.05, 3.63) is 54.1 Å². The number of hydrogen-bond donors (Lipinski definition) is 2. The Labute approximate surface area is 159 Å². The van der Waals surface area contributed by atoms with Crippen molar-refractivity contribution < 1.29 is 14.3 Å². The van der Waals surface area contributed by atoms with Gasteiger partial charge in [0.15, 0.2) is 6.61 Å². The Balaban J connectivity index is 1.48. The number of nitrogens with zero attached hydrogens (tertiary/aromatic N) is 1. The molecular weight excluding hydrogens is 342 g/mol. The number of anilines is 2. The lowest BCUT2D eigenvalue weighted by Gasteiger charge is -2.15. The van der Waals surface area contributed by atoms with E-state index in [0.29, 0.717) is 30.0 Å². The molecule has 0 saturated carbocycles. The molecular formula is C21H25N3O3. The first kappa shape index (κ1) is 18.8. The summed E-state index contributed by atoms with van der Waals surface area (Å²) in [6.45, 7) is 1.64. The van der Waals surface area contributed by atoms with E-state index in [-0.39, 0.29) is 18.4 Å². The molecule has 2 amide bonds. The second kappa shape index (κ2) is 9.07. The van der Waals surface area contributed by atoms with E-state index >= 15 is 0 Å². The summed E-state index contributed by atoms with van der Waals surface area (Å²) in [5.41, 5.74) is 8.21. The number of carbonyl (C=O) groups is 2. The van der Waals surface area contributed by atoms with Crippen molar-refractivity contribution in [2.45, 2.75) is 25.7 Å². The maximum absolute atomic E-state index is 12.2. The van der Waals surface area contributed by atoms with Gasteiger partial charge < -0.3 is 20.7 Å². The van der Waals surface area contributed by atoms with E-state index in [1.807, 2.05) is 29.2 Å². The van der Waals surface area contributed by atoms with E-state index in [2.05, 4.69) is 5.32 Å². The van der Waals surface area contributed by atoms with Crippen LogP contribution in [0.4, 0.5) is 11.4 Å². The summed E-state index contributed by atoms with van der Waals surface area (Å²) in [5, 5.41) is 2.86. The Bertz CT molecular complexity index is 801. The molecule has 6 nitrogen and oxygen atoms in total. The number of amides is 2. The third-order valence-corrected chi connectivity index (χ3v) is 4.62. The van der Waals surface area contributed by atoms with Crippen molar-refractivity contribution in [3.63, 3.8) is 0 Å². The van der Waals surface area contributed by atoms with Crippen molar-refractivity contribution in [2.24, 2.45) is 0 Å². The molecule has 1 saturated heterocycles.